The van der Waals surface area contributed by atoms with E-state index in [0.29, 0.717) is 11.8 Å². The zero-order valence-electron chi connectivity index (χ0n) is 14.9. The highest BCUT2D eigenvalue weighted by Crippen LogP contribution is 2.34. The molecule has 0 saturated carbocycles. The van der Waals surface area contributed by atoms with Crippen molar-refractivity contribution in [3.63, 3.8) is 0 Å². The molecule has 10 heteroatoms. The number of carbonyl (C=O) groups excluding carboxylic acids is 1. The Balaban J connectivity index is 1.80. The Morgan fingerprint density at radius 2 is 1.86 bits per heavy atom. The van der Waals surface area contributed by atoms with E-state index in [-0.39, 0.29) is 17.3 Å². The second-order valence-electron chi connectivity index (χ2n) is 6.01. The number of aromatic nitrogens is 2. The highest BCUT2D eigenvalue weighted by molar-refractivity contribution is 5.91. The molecule has 1 heterocycles. The standard InChI is InChI=1S/C19H14F5N3O2/c1-11-8-17(25-18(28)10-29-16-7-6-12(20)9-14(16)21)27(26-11)15-5-3-2-4-13(15)19(22,23)24/h2-9H,10H2,1H3,(H,25,28). The number of benzene rings is 2. The molecule has 152 valence electrons. The molecule has 1 aromatic heterocycles. The van der Waals surface area contributed by atoms with Gasteiger partial charge in [0.05, 0.1) is 16.9 Å². The maximum absolute atomic E-state index is 13.6. The molecule has 0 aliphatic heterocycles. The highest BCUT2D eigenvalue weighted by atomic mass is 19.4. The second kappa shape index (κ2) is 7.90. The first kappa shape index (κ1) is 20.3. The Morgan fingerprint density at radius 3 is 2.55 bits per heavy atom. The van der Waals surface area contributed by atoms with Crippen LogP contribution in [-0.4, -0.2) is 22.3 Å². The van der Waals surface area contributed by atoms with E-state index in [0.717, 1.165) is 22.9 Å². The van der Waals surface area contributed by atoms with Crippen LogP contribution in [0.3, 0.4) is 0 Å². The van der Waals surface area contributed by atoms with Crippen molar-refractivity contribution in [3.05, 3.63) is 71.4 Å². The van der Waals surface area contributed by atoms with Crippen molar-refractivity contribution in [2.75, 3.05) is 11.9 Å². The van der Waals surface area contributed by atoms with Crippen molar-refractivity contribution in [1.29, 1.82) is 0 Å². The van der Waals surface area contributed by atoms with E-state index in [1.54, 1.807) is 6.92 Å². The Hall–Kier alpha value is -3.43. The van der Waals surface area contributed by atoms with Crippen LogP contribution in [0.1, 0.15) is 11.3 Å². The van der Waals surface area contributed by atoms with Crippen LogP contribution < -0.4 is 10.1 Å². The molecule has 0 atom stereocenters. The summed E-state index contributed by atoms with van der Waals surface area (Å²) in [4.78, 5) is 12.1. The van der Waals surface area contributed by atoms with Gasteiger partial charge in [0.2, 0.25) is 0 Å². The molecular formula is C19H14F5N3O2. The quantitative estimate of drug-likeness (QED) is 0.630. The molecule has 0 saturated heterocycles. The van der Waals surface area contributed by atoms with Crippen molar-refractivity contribution < 1.29 is 31.5 Å². The van der Waals surface area contributed by atoms with E-state index in [1.165, 1.54) is 24.3 Å². The van der Waals surface area contributed by atoms with Gasteiger partial charge in [-0.15, -0.1) is 0 Å². The summed E-state index contributed by atoms with van der Waals surface area (Å²) in [5.74, 6) is -2.92. The molecule has 1 amide bonds. The first-order valence-electron chi connectivity index (χ1n) is 8.26. The predicted molar refractivity (Wildman–Crippen MR) is 93.8 cm³/mol. The number of hydrogen-bond donors (Lipinski definition) is 1. The zero-order valence-corrected chi connectivity index (χ0v) is 14.9. The van der Waals surface area contributed by atoms with Gasteiger partial charge in [0.15, 0.2) is 18.2 Å². The van der Waals surface area contributed by atoms with Crippen LogP contribution in [0.25, 0.3) is 5.69 Å². The van der Waals surface area contributed by atoms with E-state index >= 15 is 0 Å². The minimum atomic E-state index is -4.62. The van der Waals surface area contributed by atoms with Gasteiger partial charge < -0.3 is 10.1 Å². The third-order valence-electron chi connectivity index (χ3n) is 3.79. The largest absolute Gasteiger partial charge is 0.481 e. The molecule has 3 aromatic rings. The van der Waals surface area contributed by atoms with Gasteiger partial charge in [-0.2, -0.15) is 18.3 Å². The van der Waals surface area contributed by atoms with E-state index in [4.69, 9.17) is 4.74 Å². The van der Waals surface area contributed by atoms with Crippen LogP contribution in [0.15, 0.2) is 48.5 Å². The Kier molecular flexibility index (Phi) is 5.53. The molecule has 29 heavy (non-hydrogen) atoms. The molecule has 3 rings (SSSR count). The number of nitrogens with one attached hydrogen (secondary N) is 1. The van der Waals surface area contributed by atoms with E-state index < -0.39 is 35.9 Å². The van der Waals surface area contributed by atoms with Crippen molar-refractivity contribution >= 4 is 11.7 Å². The van der Waals surface area contributed by atoms with Crippen molar-refractivity contribution in [1.82, 2.24) is 9.78 Å². The summed E-state index contributed by atoms with van der Waals surface area (Å²) in [6.45, 7) is 0.903. The van der Waals surface area contributed by atoms with Crippen molar-refractivity contribution in [3.8, 4) is 11.4 Å². The lowest BCUT2D eigenvalue weighted by molar-refractivity contribution is -0.137. The summed E-state index contributed by atoms with van der Waals surface area (Å²) in [7, 11) is 0. The SMILES string of the molecule is Cc1cc(NC(=O)COc2ccc(F)cc2F)n(-c2ccccc2C(F)(F)F)n1. The molecule has 0 fully saturated rings. The third-order valence-corrected chi connectivity index (χ3v) is 3.79. The lowest BCUT2D eigenvalue weighted by Crippen LogP contribution is -2.22. The minimum absolute atomic E-state index is 0.0209. The number of hydrogen-bond acceptors (Lipinski definition) is 3. The Bertz CT molecular complexity index is 1050. The van der Waals surface area contributed by atoms with Gasteiger partial charge in [-0.05, 0) is 31.2 Å². The molecule has 0 radical (unpaired) electrons. The molecular weight excluding hydrogens is 397 g/mol. The summed E-state index contributed by atoms with van der Waals surface area (Å²) in [5, 5.41) is 6.39. The number of amides is 1. The fraction of sp³-hybridized carbons (Fsp3) is 0.158. The van der Waals surface area contributed by atoms with Crippen molar-refractivity contribution in [2.24, 2.45) is 0 Å². The van der Waals surface area contributed by atoms with Gasteiger partial charge in [0.25, 0.3) is 5.91 Å². The van der Waals surface area contributed by atoms with Crippen LogP contribution in [0.2, 0.25) is 0 Å². The number of carbonyl (C=O) groups is 1. The number of halogens is 5. The van der Waals surface area contributed by atoms with Gasteiger partial charge in [0.1, 0.15) is 11.6 Å². The molecule has 2 aromatic carbocycles. The molecule has 0 unspecified atom stereocenters. The summed E-state index contributed by atoms with van der Waals surface area (Å²) in [6.07, 6.45) is -4.62. The summed E-state index contributed by atoms with van der Waals surface area (Å²) < 4.78 is 72.3. The first-order valence-corrected chi connectivity index (χ1v) is 8.26. The highest BCUT2D eigenvalue weighted by Gasteiger charge is 2.34. The molecule has 1 N–H and O–H groups in total. The number of rotatable bonds is 5. The number of ether oxygens (including phenoxy) is 1. The molecule has 0 bridgehead atoms. The average Bonchev–Trinajstić information content (AvgIpc) is 3.00. The molecule has 0 aliphatic carbocycles. The maximum atomic E-state index is 13.6. The molecule has 5 nitrogen and oxygen atoms in total. The van der Waals surface area contributed by atoms with Gasteiger partial charge >= 0.3 is 6.18 Å². The van der Waals surface area contributed by atoms with Gasteiger partial charge in [-0.3, -0.25) is 4.79 Å². The second-order valence-corrected chi connectivity index (χ2v) is 6.01. The van der Waals surface area contributed by atoms with Gasteiger partial charge in [-0.1, -0.05) is 12.1 Å². The number of alkyl halides is 3. The average molecular weight is 411 g/mol. The fourth-order valence-corrected chi connectivity index (χ4v) is 2.58. The first-order chi connectivity index (χ1) is 13.6. The maximum Gasteiger partial charge on any atom is 0.418 e. The fourth-order valence-electron chi connectivity index (χ4n) is 2.58. The van der Waals surface area contributed by atoms with Gasteiger partial charge in [0, 0.05) is 12.1 Å². The minimum Gasteiger partial charge on any atom is -0.481 e. The topological polar surface area (TPSA) is 56.1 Å². The monoisotopic (exact) mass is 411 g/mol. The third kappa shape index (κ3) is 4.71. The van der Waals surface area contributed by atoms with E-state index in [1.807, 2.05) is 0 Å². The van der Waals surface area contributed by atoms with E-state index in [9.17, 15) is 26.7 Å². The summed E-state index contributed by atoms with van der Waals surface area (Å²) in [6, 6.07) is 8.73. The number of aryl methyl sites for hydroxylation is 1. The molecule has 0 spiro atoms. The van der Waals surface area contributed by atoms with Crippen molar-refractivity contribution in [2.45, 2.75) is 13.1 Å². The van der Waals surface area contributed by atoms with Gasteiger partial charge in [-0.25, -0.2) is 13.5 Å². The summed E-state index contributed by atoms with van der Waals surface area (Å²) in [5.41, 5.74) is -0.833. The Labute approximate surface area is 161 Å². The summed E-state index contributed by atoms with van der Waals surface area (Å²) >= 11 is 0. The van der Waals surface area contributed by atoms with Crippen LogP contribution in [-0.2, 0) is 11.0 Å². The number of anilines is 1. The van der Waals surface area contributed by atoms with Crippen LogP contribution in [0.5, 0.6) is 5.75 Å². The van der Waals surface area contributed by atoms with Crippen LogP contribution in [0.4, 0.5) is 27.8 Å². The number of nitrogens with zero attached hydrogens (tertiary/aromatic N) is 2. The normalized spacial score (nSPS) is 11.4. The van der Waals surface area contributed by atoms with E-state index in [2.05, 4.69) is 10.4 Å². The predicted octanol–water partition coefficient (Wildman–Crippen LogP) is 4.50. The van der Waals surface area contributed by atoms with Crippen LogP contribution in [0, 0.1) is 18.6 Å². The molecule has 0 aliphatic rings. The lowest BCUT2D eigenvalue weighted by Gasteiger charge is -2.15. The van der Waals surface area contributed by atoms with Crippen LogP contribution >= 0.6 is 0 Å². The smallest absolute Gasteiger partial charge is 0.418 e. The zero-order chi connectivity index (χ0) is 21.2. The Morgan fingerprint density at radius 1 is 1.14 bits per heavy atom. The lowest BCUT2D eigenvalue weighted by atomic mass is 10.1. The number of para-hydroxylation sites is 1.